The third-order valence-electron chi connectivity index (χ3n) is 7.73. The molecule has 4 aromatic carbocycles. The van der Waals surface area contributed by atoms with Crippen LogP contribution in [0, 0.1) is 0 Å². The van der Waals surface area contributed by atoms with Gasteiger partial charge in [-0.15, -0.1) is 0 Å². The highest BCUT2D eigenvalue weighted by Crippen LogP contribution is 2.36. The number of nitrogens with one attached hydrogen (secondary N) is 1. The number of amides is 2. The number of sulfonamides is 1. The Bertz CT molecular complexity index is 1690. The molecule has 0 radical (unpaired) electrons. The molecule has 0 bridgehead atoms. The van der Waals surface area contributed by atoms with Gasteiger partial charge in [0.25, 0.3) is 10.0 Å². The molecule has 10 heteroatoms. The van der Waals surface area contributed by atoms with Crippen LogP contribution in [-0.2, 0) is 32.6 Å². The van der Waals surface area contributed by atoms with Crippen molar-refractivity contribution in [1.29, 1.82) is 0 Å². The molecule has 9 nitrogen and oxygen atoms in total. The van der Waals surface area contributed by atoms with Gasteiger partial charge in [0, 0.05) is 25.1 Å². The van der Waals surface area contributed by atoms with Crippen molar-refractivity contribution in [1.82, 2.24) is 10.2 Å². The summed E-state index contributed by atoms with van der Waals surface area (Å²) < 4.78 is 40.6. The smallest absolute Gasteiger partial charge is 0.264 e. The summed E-state index contributed by atoms with van der Waals surface area (Å²) in [4.78, 5) is 30.0. The molecule has 2 amide bonds. The molecule has 0 aliphatic rings. The number of anilines is 1. The van der Waals surface area contributed by atoms with Gasteiger partial charge < -0.3 is 19.7 Å². The van der Waals surface area contributed by atoms with Gasteiger partial charge in [-0.25, -0.2) is 8.42 Å². The largest absolute Gasteiger partial charge is 0.497 e. The van der Waals surface area contributed by atoms with Crippen LogP contribution in [0.2, 0.25) is 0 Å². The molecule has 0 aliphatic carbocycles. The summed E-state index contributed by atoms with van der Waals surface area (Å²) in [6.45, 7) is 3.36. The van der Waals surface area contributed by atoms with Gasteiger partial charge in [-0.1, -0.05) is 85.8 Å². The standard InChI is InChI=1S/C36H41N3O6S/c1-5-27(2)37-36(41)33(23-28-15-9-6-10-16-28)38(25-29-17-11-7-12-18-29)35(40)26-39(46(42,43)31-19-13-8-14-20-31)32-24-30(44-3)21-22-34(32)45-4/h6-22,24,27,33H,5,23,25-26H2,1-4H3,(H,37,41)/t27-,33+/m1/s1. The lowest BCUT2D eigenvalue weighted by Crippen LogP contribution is -2.54. The van der Waals surface area contributed by atoms with Crippen LogP contribution in [0.15, 0.2) is 114 Å². The normalized spacial score (nSPS) is 12.4. The maximum absolute atomic E-state index is 14.6. The van der Waals surface area contributed by atoms with Gasteiger partial charge in [0.1, 0.15) is 24.1 Å². The number of benzene rings is 4. The fraction of sp³-hybridized carbons (Fsp3) is 0.278. The van der Waals surface area contributed by atoms with E-state index in [-0.39, 0.29) is 41.2 Å². The van der Waals surface area contributed by atoms with E-state index >= 15 is 0 Å². The summed E-state index contributed by atoms with van der Waals surface area (Å²) in [5, 5.41) is 3.04. The minimum Gasteiger partial charge on any atom is -0.497 e. The number of hydrogen-bond acceptors (Lipinski definition) is 6. The minimum atomic E-state index is -4.29. The highest BCUT2D eigenvalue weighted by atomic mass is 32.2. The molecule has 0 aromatic heterocycles. The maximum Gasteiger partial charge on any atom is 0.264 e. The molecule has 0 saturated heterocycles. The number of nitrogens with zero attached hydrogens (tertiary/aromatic N) is 2. The molecule has 0 heterocycles. The molecule has 0 aliphatic heterocycles. The summed E-state index contributed by atoms with van der Waals surface area (Å²) in [6.07, 6.45) is 0.935. The molecule has 0 unspecified atom stereocenters. The quantitative estimate of drug-likeness (QED) is 0.185. The van der Waals surface area contributed by atoms with E-state index in [2.05, 4.69) is 5.32 Å². The molecule has 46 heavy (non-hydrogen) atoms. The SMILES string of the molecule is CC[C@@H](C)NC(=O)[C@H](Cc1ccccc1)N(Cc1ccccc1)C(=O)CN(c1cc(OC)ccc1OC)S(=O)(=O)c1ccccc1. The molecule has 4 aromatic rings. The zero-order chi connectivity index (χ0) is 33.1. The van der Waals surface area contributed by atoms with Gasteiger partial charge >= 0.3 is 0 Å². The predicted molar refractivity (Wildman–Crippen MR) is 179 cm³/mol. The number of hydrogen-bond donors (Lipinski definition) is 1. The molecule has 0 fully saturated rings. The van der Waals surface area contributed by atoms with Gasteiger partial charge in [0.2, 0.25) is 11.8 Å². The van der Waals surface area contributed by atoms with E-state index in [0.717, 1.165) is 15.4 Å². The number of carbonyl (C=O) groups is 2. The van der Waals surface area contributed by atoms with E-state index in [1.807, 2.05) is 74.5 Å². The van der Waals surface area contributed by atoms with E-state index in [1.165, 1.54) is 37.3 Å². The first-order chi connectivity index (χ1) is 22.2. The minimum absolute atomic E-state index is 0.00219. The van der Waals surface area contributed by atoms with Gasteiger partial charge in [-0.2, -0.15) is 0 Å². The summed E-state index contributed by atoms with van der Waals surface area (Å²) in [6, 6.07) is 30.4. The molecule has 2 atom stereocenters. The van der Waals surface area contributed by atoms with Gasteiger partial charge in [-0.05, 0) is 48.7 Å². The van der Waals surface area contributed by atoms with Gasteiger partial charge in [0.15, 0.2) is 0 Å². The van der Waals surface area contributed by atoms with Crippen LogP contribution in [0.1, 0.15) is 31.4 Å². The lowest BCUT2D eigenvalue weighted by molar-refractivity contribution is -0.140. The van der Waals surface area contributed by atoms with E-state index in [1.54, 1.807) is 30.3 Å². The molecule has 0 saturated carbocycles. The third-order valence-corrected chi connectivity index (χ3v) is 9.51. The van der Waals surface area contributed by atoms with Crippen LogP contribution in [0.3, 0.4) is 0 Å². The highest BCUT2D eigenvalue weighted by Gasteiger charge is 2.36. The topological polar surface area (TPSA) is 105 Å². The van der Waals surface area contributed by atoms with Crippen LogP contribution >= 0.6 is 0 Å². The monoisotopic (exact) mass is 643 g/mol. The first-order valence-corrected chi connectivity index (χ1v) is 16.6. The Morgan fingerprint density at radius 1 is 0.804 bits per heavy atom. The second-order valence-corrected chi connectivity index (χ2v) is 12.8. The van der Waals surface area contributed by atoms with E-state index < -0.39 is 28.5 Å². The van der Waals surface area contributed by atoms with Crippen LogP contribution in [0.25, 0.3) is 0 Å². The predicted octanol–water partition coefficient (Wildman–Crippen LogP) is 5.45. The summed E-state index contributed by atoms with van der Waals surface area (Å²) in [7, 11) is -1.39. The Labute approximate surface area is 271 Å². The van der Waals surface area contributed by atoms with Crippen LogP contribution in [-0.4, -0.2) is 58.0 Å². The molecule has 0 spiro atoms. The number of carbonyl (C=O) groups excluding carboxylic acids is 2. The van der Waals surface area contributed by atoms with Crippen molar-refractivity contribution < 1.29 is 27.5 Å². The maximum atomic E-state index is 14.6. The number of methoxy groups -OCH3 is 2. The zero-order valence-electron chi connectivity index (χ0n) is 26.6. The highest BCUT2D eigenvalue weighted by molar-refractivity contribution is 7.92. The fourth-order valence-corrected chi connectivity index (χ4v) is 6.44. The van der Waals surface area contributed by atoms with Gasteiger partial charge in [-0.3, -0.25) is 13.9 Å². The third kappa shape index (κ3) is 8.45. The van der Waals surface area contributed by atoms with Crippen molar-refractivity contribution in [3.05, 3.63) is 120 Å². The first kappa shape index (κ1) is 34.1. The molecule has 242 valence electrons. The summed E-state index contributed by atoms with van der Waals surface area (Å²) >= 11 is 0. The second-order valence-electron chi connectivity index (χ2n) is 10.9. The summed E-state index contributed by atoms with van der Waals surface area (Å²) in [5.41, 5.74) is 1.78. The Kier molecular flexibility index (Phi) is 11.8. The van der Waals surface area contributed by atoms with E-state index in [0.29, 0.717) is 12.2 Å². The molecule has 4 rings (SSSR count). The van der Waals surface area contributed by atoms with Crippen molar-refractivity contribution in [2.45, 2.75) is 50.2 Å². The number of rotatable bonds is 15. The Morgan fingerprint density at radius 2 is 1.39 bits per heavy atom. The van der Waals surface area contributed by atoms with Crippen molar-refractivity contribution in [2.24, 2.45) is 0 Å². The first-order valence-electron chi connectivity index (χ1n) is 15.1. The van der Waals surface area contributed by atoms with Crippen molar-refractivity contribution in [3.63, 3.8) is 0 Å². The summed E-state index contributed by atoms with van der Waals surface area (Å²) in [5.74, 6) is -0.266. The Balaban J connectivity index is 1.85. The van der Waals surface area contributed by atoms with E-state index in [4.69, 9.17) is 9.47 Å². The average Bonchev–Trinajstić information content (AvgIpc) is 3.09. The van der Waals surface area contributed by atoms with Crippen LogP contribution in [0.4, 0.5) is 5.69 Å². The average molecular weight is 644 g/mol. The van der Waals surface area contributed by atoms with Crippen LogP contribution < -0.4 is 19.1 Å². The zero-order valence-corrected chi connectivity index (χ0v) is 27.4. The molecule has 1 N–H and O–H groups in total. The molecular formula is C36H41N3O6S. The van der Waals surface area contributed by atoms with Gasteiger partial charge in [0.05, 0.1) is 24.8 Å². The molecular weight excluding hydrogens is 602 g/mol. The number of ether oxygens (including phenoxy) is 2. The van der Waals surface area contributed by atoms with Crippen molar-refractivity contribution >= 4 is 27.5 Å². The lowest BCUT2D eigenvalue weighted by atomic mass is 10.0. The van der Waals surface area contributed by atoms with Crippen molar-refractivity contribution in [3.8, 4) is 11.5 Å². The Morgan fingerprint density at radius 3 is 1.96 bits per heavy atom. The van der Waals surface area contributed by atoms with Crippen molar-refractivity contribution in [2.75, 3.05) is 25.1 Å². The Hall–Kier alpha value is -4.83. The lowest BCUT2D eigenvalue weighted by Gasteiger charge is -2.34. The second kappa shape index (κ2) is 15.9. The fourth-order valence-electron chi connectivity index (χ4n) is 5.00. The van der Waals surface area contributed by atoms with E-state index in [9.17, 15) is 18.0 Å². The van der Waals surface area contributed by atoms with Crippen LogP contribution in [0.5, 0.6) is 11.5 Å².